The first kappa shape index (κ1) is 11.6. The maximum atomic E-state index is 12.7. The van der Waals surface area contributed by atoms with Crippen molar-refractivity contribution in [2.75, 3.05) is 5.73 Å². The number of nitrogens with one attached hydrogen (secondary N) is 1. The zero-order chi connectivity index (χ0) is 13.6. The van der Waals surface area contributed by atoms with Crippen molar-refractivity contribution in [1.29, 1.82) is 0 Å². The Morgan fingerprint density at radius 1 is 1.21 bits per heavy atom. The summed E-state index contributed by atoms with van der Waals surface area (Å²) < 4.78 is 42.8. The predicted octanol–water partition coefficient (Wildman–Crippen LogP) is 3.42. The third-order valence-corrected chi connectivity index (χ3v) is 2.86. The van der Waals surface area contributed by atoms with Gasteiger partial charge in [-0.2, -0.15) is 13.2 Å². The lowest BCUT2D eigenvalue weighted by Crippen LogP contribution is -2.04. The lowest BCUT2D eigenvalue weighted by Gasteiger charge is -2.00. The zero-order valence-corrected chi connectivity index (χ0v) is 9.45. The van der Waals surface area contributed by atoms with E-state index >= 15 is 0 Å². The van der Waals surface area contributed by atoms with Crippen LogP contribution in [0, 0.1) is 0 Å². The Hall–Kier alpha value is -2.44. The summed E-state index contributed by atoms with van der Waals surface area (Å²) in [7, 11) is 0. The molecule has 2 heterocycles. The van der Waals surface area contributed by atoms with Gasteiger partial charge in [0.05, 0.1) is 11.8 Å². The molecule has 0 unspecified atom stereocenters. The SMILES string of the molecule is Nc1oncc1-c1cccc2[nH]c(C(F)(F)F)cc12. The standard InChI is InChI=1S/C12H8F3N3O/c13-12(14,15)10-4-7-6(2-1-3-9(7)18-10)8-5-17-19-11(8)16/h1-5,18H,16H2. The molecule has 0 amide bonds. The van der Waals surface area contributed by atoms with Gasteiger partial charge >= 0.3 is 6.18 Å². The van der Waals surface area contributed by atoms with Crippen molar-refractivity contribution in [3.8, 4) is 11.1 Å². The topological polar surface area (TPSA) is 67.8 Å². The molecule has 2 aromatic heterocycles. The van der Waals surface area contributed by atoms with E-state index in [-0.39, 0.29) is 5.88 Å². The Morgan fingerprint density at radius 2 is 2.00 bits per heavy atom. The second-order valence-corrected chi connectivity index (χ2v) is 4.05. The molecule has 4 nitrogen and oxygen atoms in total. The van der Waals surface area contributed by atoms with Crippen molar-refractivity contribution in [3.05, 3.63) is 36.2 Å². The minimum atomic E-state index is -4.42. The summed E-state index contributed by atoms with van der Waals surface area (Å²) in [5, 5.41) is 3.95. The second kappa shape index (κ2) is 3.78. The fraction of sp³-hybridized carbons (Fsp3) is 0.0833. The van der Waals surface area contributed by atoms with Crippen LogP contribution in [0.15, 0.2) is 35.0 Å². The summed E-state index contributed by atoms with van der Waals surface area (Å²) in [4.78, 5) is 2.34. The number of alkyl halides is 3. The fourth-order valence-corrected chi connectivity index (χ4v) is 1.99. The van der Waals surface area contributed by atoms with Crippen molar-refractivity contribution >= 4 is 16.8 Å². The Bertz CT molecular complexity index is 742. The van der Waals surface area contributed by atoms with Crippen LogP contribution in [0.1, 0.15) is 5.69 Å². The lowest BCUT2D eigenvalue weighted by atomic mass is 10.0. The Kier molecular flexibility index (Phi) is 2.31. The summed E-state index contributed by atoms with van der Waals surface area (Å²) in [6.07, 6.45) is -3.04. The van der Waals surface area contributed by atoms with E-state index in [1.54, 1.807) is 18.2 Å². The van der Waals surface area contributed by atoms with Crippen molar-refractivity contribution in [2.45, 2.75) is 6.18 Å². The second-order valence-electron chi connectivity index (χ2n) is 4.05. The highest BCUT2D eigenvalue weighted by Gasteiger charge is 2.33. The first-order valence-electron chi connectivity index (χ1n) is 5.36. The van der Waals surface area contributed by atoms with Gasteiger partial charge in [-0.3, -0.25) is 0 Å². The number of nitrogens with zero attached hydrogens (tertiary/aromatic N) is 1. The molecule has 0 saturated heterocycles. The molecule has 0 bridgehead atoms. The van der Waals surface area contributed by atoms with E-state index in [4.69, 9.17) is 10.3 Å². The summed E-state index contributed by atoms with van der Waals surface area (Å²) in [6.45, 7) is 0. The molecular weight excluding hydrogens is 259 g/mol. The molecule has 7 heteroatoms. The maximum absolute atomic E-state index is 12.7. The van der Waals surface area contributed by atoms with Crippen LogP contribution in [-0.2, 0) is 6.18 Å². The average molecular weight is 267 g/mol. The quantitative estimate of drug-likeness (QED) is 0.709. The monoisotopic (exact) mass is 267 g/mol. The predicted molar refractivity (Wildman–Crippen MR) is 63.2 cm³/mol. The number of aromatic nitrogens is 2. The summed E-state index contributed by atoms with van der Waals surface area (Å²) >= 11 is 0. The number of hydrogen-bond acceptors (Lipinski definition) is 3. The number of benzene rings is 1. The molecular formula is C12H8F3N3O. The number of nitrogens with two attached hydrogens (primary N) is 1. The fourth-order valence-electron chi connectivity index (χ4n) is 1.99. The number of anilines is 1. The minimum absolute atomic E-state index is 0.0715. The molecule has 0 spiro atoms. The largest absolute Gasteiger partial charge is 0.431 e. The van der Waals surface area contributed by atoms with E-state index in [9.17, 15) is 13.2 Å². The average Bonchev–Trinajstić information content (AvgIpc) is 2.93. The molecule has 3 N–H and O–H groups in total. The van der Waals surface area contributed by atoms with E-state index in [1.807, 2.05) is 0 Å². The van der Waals surface area contributed by atoms with Crippen LogP contribution in [0.4, 0.5) is 19.1 Å². The smallest absolute Gasteiger partial charge is 0.367 e. The van der Waals surface area contributed by atoms with Crippen LogP contribution in [0.3, 0.4) is 0 Å². The van der Waals surface area contributed by atoms with Crippen molar-refractivity contribution < 1.29 is 17.7 Å². The van der Waals surface area contributed by atoms with E-state index in [1.165, 1.54) is 6.20 Å². The van der Waals surface area contributed by atoms with Crippen LogP contribution in [0.25, 0.3) is 22.0 Å². The van der Waals surface area contributed by atoms with Crippen LogP contribution in [0.2, 0.25) is 0 Å². The molecule has 98 valence electrons. The summed E-state index contributed by atoms with van der Waals surface area (Å²) in [6, 6.07) is 5.93. The highest BCUT2D eigenvalue weighted by molar-refractivity contribution is 5.97. The van der Waals surface area contributed by atoms with Gasteiger partial charge in [0.15, 0.2) is 0 Å². The van der Waals surface area contributed by atoms with Gasteiger partial charge < -0.3 is 15.2 Å². The summed E-state index contributed by atoms with van der Waals surface area (Å²) in [5.41, 5.74) is 6.19. The molecule has 0 aliphatic heterocycles. The highest BCUT2D eigenvalue weighted by Crippen LogP contribution is 2.36. The number of aromatic amines is 1. The molecule has 0 aliphatic carbocycles. The molecule has 0 atom stereocenters. The molecule has 3 aromatic rings. The van der Waals surface area contributed by atoms with Gasteiger partial charge in [-0.15, -0.1) is 0 Å². The molecule has 1 aromatic carbocycles. The normalized spacial score (nSPS) is 12.2. The number of halogens is 3. The molecule has 0 fully saturated rings. The van der Waals surface area contributed by atoms with Crippen molar-refractivity contribution in [2.24, 2.45) is 0 Å². The first-order chi connectivity index (χ1) is 8.97. The van der Waals surface area contributed by atoms with Gasteiger partial charge in [-0.05, 0) is 17.7 Å². The maximum Gasteiger partial charge on any atom is 0.431 e. The van der Waals surface area contributed by atoms with E-state index < -0.39 is 11.9 Å². The lowest BCUT2D eigenvalue weighted by molar-refractivity contribution is -0.140. The van der Waals surface area contributed by atoms with Gasteiger partial charge in [-0.25, -0.2) is 0 Å². The first-order valence-corrected chi connectivity index (χ1v) is 5.36. The molecule has 3 rings (SSSR count). The molecule has 0 saturated carbocycles. The van der Waals surface area contributed by atoms with Crippen LogP contribution in [-0.4, -0.2) is 10.1 Å². The van der Waals surface area contributed by atoms with Crippen molar-refractivity contribution in [3.63, 3.8) is 0 Å². The third-order valence-electron chi connectivity index (χ3n) is 2.86. The van der Waals surface area contributed by atoms with Gasteiger partial charge in [0.2, 0.25) is 5.88 Å². The van der Waals surface area contributed by atoms with E-state index in [2.05, 4.69) is 10.1 Å². The molecule has 0 radical (unpaired) electrons. The Labute approximate surface area is 105 Å². The highest BCUT2D eigenvalue weighted by atomic mass is 19.4. The zero-order valence-electron chi connectivity index (χ0n) is 9.45. The van der Waals surface area contributed by atoms with Gasteiger partial charge in [0.25, 0.3) is 0 Å². The minimum Gasteiger partial charge on any atom is -0.367 e. The van der Waals surface area contributed by atoms with Crippen LogP contribution < -0.4 is 5.73 Å². The van der Waals surface area contributed by atoms with Gasteiger partial charge in [-0.1, -0.05) is 17.3 Å². The van der Waals surface area contributed by atoms with Crippen LogP contribution in [0.5, 0.6) is 0 Å². The van der Waals surface area contributed by atoms with Gasteiger partial charge in [0.1, 0.15) is 5.69 Å². The number of hydrogen-bond donors (Lipinski definition) is 2. The van der Waals surface area contributed by atoms with E-state index in [0.29, 0.717) is 22.0 Å². The Morgan fingerprint density at radius 3 is 2.63 bits per heavy atom. The Balaban J connectivity index is 2.27. The number of rotatable bonds is 1. The number of H-pyrrole nitrogens is 1. The number of nitrogen functional groups attached to an aromatic ring is 1. The van der Waals surface area contributed by atoms with Crippen LogP contribution >= 0.6 is 0 Å². The summed E-state index contributed by atoms with van der Waals surface area (Å²) in [5.74, 6) is 0.0715. The van der Waals surface area contributed by atoms with Crippen molar-refractivity contribution in [1.82, 2.24) is 10.1 Å². The molecule has 0 aliphatic rings. The molecule has 19 heavy (non-hydrogen) atoms. The van der Waals surface area contributed by atoms with E-state index in [0.717, 1.165) is 6.07 Å². The third kappa shape index (κ3) is 1.83. The van der Waals surface area contributed by atoms with Gasteiger partial charge in [0, 0.05) is 10.9 Å². The number of fused-ring (bicyclic) bond motifs is 1.